The van der Waals surface area contributed by atoms with Crippen molar-refractivity contribution in [3.63, 3.8) is 0 Å². The molecule has 3 N–H and O–H groups in total. The van der Waals surface area contributed by atoms with Crippen molar-refractivity contribution in [3.05, 3.63) is 0 Å². The number of hydrogen-bond acceptors (Lipinski definition) is 4. The van der Waals surface area contributed by atoms with Crippen molar-refractivity contribution in [1.82, 2.24) is 15.1 Å². The molecule has 0 aromatic rings. The highest BCUT2D eigenvalue weighted by Gasteiger charge is 2.39. The van der Waals surface area contributed by atoms with Gasteiger partial charge >= 0.3 is 0 Å². The molecule has 6 heteroatoms. The molecule has 1 saturated heterocycles. The molecule has 0 radical (unpaired) electrons. The van der Waals surface area contributed by atoms with Crippen LogP contribution in [0.3, 0.4) is 0 Å². The van der Waals surface area contributed by atoms with Crippen molar-refractivity contribution in [2.45, 2.75) is 38.6 Å². The summed E-state index contributed by atoms with van der Waals surface area (Å²) >= 11 is 0. The summed E-state index contributed by atoms with van der Waals surface area (Å²) in [5, 5.41) is 2.80. The van der Waals surface area contributed by atoms with E-state index in [4.69, 9.17) is 5.73 Å². The molecule has 1 aliphatic heterocycles. The van der Waals surface area contributed by atoms with Gasteiger partial charge in [0.15, 0.2) is 0 Å². The van der Waals surface area contributed by atoms with Crippen LogP contribution >= 0.6 is 0 Å². The van der Waals surface area contributed by atoms with E-state index in [2.05, 4.69) is 10.2 Å². The summed E-state index contributed by atoms with van der Waals surface area (Å²) in [6.45, 7) is 5.10. The Labute approximate surface area is 133 Å². The third-order valence-corrected chi connectivity index (χ3v) is 4.97. The number of carbonyl (C=O) groups excluding carboxylic acids is 2. The summed E-state index contributed by atoms with van der Waals surface area (Å²) in [4.78, 5) is 27.7. The van der Waals surface area contributed by atoms with E-state index in [9.17, 15) is 9.59 Å². The average molecular weight is 310 g/mol. The van der Waals surface area contributed by atoms with Crippen molar-refractivity contribution in [1.29, 1.82) is 0 Å². The third kappa shape index (κ3) is 4.43. The second kappa shape index (κ2) is 7.92. The standard InChI is InChI=1S/C16H30N4O2/c1-3-7-18-15(21)10-19(2)16(22)11-20-8-12-5-4-6-14(17)13(12)9-20/h12-14H,3-11,17H2,1-2H3,(H,18,21). The first-order valence-electron chi connectivity index (χ1n) is 8.49. The van der Waals surface area contributed by atoms with Crippen LogP contribution in [0.1, 0.15) is 32.6 Å². The fourth-order valence-corrected chi connectivity index (χ4v) is 3.67. The molecule has 0 aromatic heterocycles. The smallest absolute Gasteiger partial charge is 0.239 e. The molecule has 2 amide bonds. The van der Waals surface area contributed by atoms with Crippen LogP contribution in [0.2, 0.25) is 0 Å². The van der Waals surface area contributed by atoms with Crippen LogP contribution in [0, 0.1) is 11.8 Å². The molecule has 0 aromatic carbocycles. The zero-order chi connectivity index (χ0) is 16.1. The quantitative estimate of drug-likeness (QED) is 0.725. The fraction of sp³-hybridized carbons (Fsp3) is 0.875. The number of fused-ring (bicyclic) bond motifs is 1. The van der Waals surface area contributed by atoms with Crippen LogP contribution < -0.4 is 11.1 Å². The Kier molecular flexibility index (Phi) is 6.20. The van der Waals surface area contributed by atoms with E-state index < -0.39 is 0 Å². The number of rotatable bonds is 6. The van der Waals surface area contributed by atoms with Gasteiger partial charge < -0.3 is 16.0 Å². The molecule has 3 unspecified atom stereocenters. The summed E-state index contributed by atoms with van der Waals surface area (Å²) in [6, 6.07) is 0.288. The predicted octanol–water partition coefficient (Wildman–Crippen LogP) is 0.0302. The molecule has 22 heavy (non-hydrogen) atoms. The monoisotopic (exact) mass is 310 g/mol. The molecule has 1 saturated carbocycles. The lowest BCUT2D eigenvalue weighted by Crippen LogP contribution is -2.43. The maximum absolute atomic E-state index is 12.3. The molecule has 0 spiro atoms. The summed E-state index contributed by atoms with van der Waals surface area (Å²) in [5.74, 6) is 1.11. The van der Waals surface area contributed by atoms with Crippen LogP contribution in [0.5, 0.6) is 0 Å². The van der Waals surface area contributed by atoms with Gasteiger partial charge in [-0.05, 0) is 31.1 Å². The molecule has 0 bridgehead atoms. The minimum Gasteiger partial charge on any atom is -0.355 e. The van der Waals surface area contributed by atoms with Gasteiger partial charge in [0.05, 0.1) is 13.1 Å². The van der Waals surface area contributed by atoms with Gasteiger partial charge in [-0.1, -0.05) is 13.3 Å². The lowest BCUT2D eigenvalue weighted by Gasteiger charge is -2.29. The van der Waals surface area contributed by atoms with Crippen LogP contribution in [0.25, 0.3) is 0 Å². The van der Waals surface area contributed by atoms with Gasteiger partial charge in [0, 0.05) is 32.7 Å². The summed E-state index contributed by atoms with van der Waals surface area (Å²) in [7, 11) is 1.70. The van der Waals surface area contributed by atoms with Crippen molar-refractivity contribution in [2.24, 2.45) is 17.6 Å². The number of nitrogens with zero attached hydrogens (tertiary/aromatic N) is 2. The molecular formula is C16H30N4O2. The normalized spacial score (nSPS) is 28.2. The molecular weight excluding hydrogens is 280 g/mol. The van der Waals surface area contributed by atoms with Crippen LogP contribution in [0.15, 0.2) is 0 Å². The average Bonchev–Trinajstić information content (AvgIpc) is 2.89. The van der Waals surface area contributed by atoms with Crippen molar-refractivity contribution in [2.75, 3.05) is 39.8 Å². The molecule has 2 aliphatic rings. The highest BCUT2D eigenvalue weighted by molar-refractivity contribution is 5.85. The molecule has 2 fully saturated rings. The Morgan fingerprint density at radius 1 is 1.32 bits per heavy atom. The summed E-state index contributed by atoms with van der Waals surface area (Å²) in [5.41, 5.74) is 6.21. The van der Waals surface area contributed by atoms with Crippen molar-refractivity contribution >= 4 is 11.8 Å². The lowest BCUT2D eigenvalue weighted by molar-refractivity contribution is -0.135. The second-order valence-electron chi connectivity index (χ2n) is 6.81. The van der Waals surface area contributed by atoms with Gasteiger partial charge in [-0.15, -0.1) is 0 Å². The maximum atomic E-state index is 12.3. The Balaban J connectivity index is 1.76. The highest BCUT2D eigenvalue weighted by Crippen LogP contribution is 2.35. The SMILES string of the molecule is CCCNC(=O)CN(C)C(=O)CN1CC2CCCC(N)C2C1. The van der Waals surface area contributed by atoms with Gasteiger partial charge in [0.1, 0.15) is 0 Å². The Morgan fingerprint density at radius 2 is 2.09 bits per heavy atom. The summed E-state index contributed by atoms with van der Waals surface area (Å²) in [6.07, 6.45) is 4.46. The summed E-state index contributed by atoms with van der Waals surface area (Å²) < 4.78 is 0. The van der Waals surface area contributed by atoms with Crippen LogP contribution in [-0.4, -0.2) is 67.4 Å². The van der Waals surface area contributed by atoms with Crippen LogP contribution in [0.4, 0.5) is 0 Å². The van der Waals surface area contributed by atoms with E-state index in [1.54, 1.807) is 7.05 Å². The molecule has 6 nitrogen and oxygen atoms in total. The molecule has 126 valence electrons. The molecule has 2 rings (SSSR count). The highest BCUT2D eigenvalue weighted by atomic mass is 16.2. The van der Waals surface area contributed by atoms with E-state index in [0.717, 1.165) is 25.9 Å². The number of carbonyl (C=O) groups is 2. The van der Waals surface area contributed by atoms with Gasteiger partial charge in [0.25, 0.3) is 0 Å². The van der Waals surface area contributed by atoms with Gasteiger partial charge in [0.2, 0.25) is 11.8 Å². The lowest BCUT2D eigenvalue weighted by atomic mass is 9.78. The predicted molar refractivity (Wildman–Crippen MR) is 86.2 cm³/mol. The number of nitrogens with two attached hydrogens (primary N) is 1. The Hall–Kier alpha value is -1.14. The Morgan fingerprint density at radius 3 is 2.77 bits per heavy atom. The second-order valence-corrected chi connectivity index (χ2v) is 6.81. The Bertz CT molecular complexity index is 402. The van der Waals surface area contributed by atoms with E-state index >= 15 is 0 Å². The minimum absolute atomic E-state index is 0.0128. The van der Waals surface area contributed by atoms with Gasteiger partial charge in [-0.3, -0.25) is 14.5 Å². The number of hydrogen-bond donors (Lipinski definition) is 2. The number of amides is 2. The third-order valence-electron chi connectivity index (χ3n) is 4.97. The number of likely N-dealkylation sites (N-methyl/N-ethyl adjacent to an activating group) is 1. The zero-order valence-electron chi connectivity index (χ0n) is 13.9. The van der Waals surface area contributed by atoms with E-state index in [1.807, 2.05) is 6.92 Å². The first-order chi connectivity index (χ1) is 10.5. The zero-order valence-corrected chi connectivity index (χ0v) is 13.9. The van der Waals surface area contributed by atoms with E-state index in [1.165, 1.54) is 17.7 Å². The van der Waals surface area contributed by atoms with Crippen LogP contribution in [-0.2, 0) is 9.59 Å². The number of likely N-dealkylation sites (tertiary alicyclic amines) is 1. The largest absolute Gasteiger partial charge is 0.355 e. The number of nitrogens with one attached hydrogen (secondary N) is 1. The minimum atomic E-state index is -0.0881. The van der Waals surface area contributed by atoms with E-state index in [0.29, 0.717) is 24.9 Å². The maximum Gasteiger partial charge on any atom is 0.239 e. The van der Waals surface area contributed by atoms with Crippen molar-refractivity contribution < 1.29 is 9.59 Å². The molecule has 3 atom stereocenters. The van der Waals surface area contributed by atoms with E-state index in [-0.39, 0.29) is 24.4 Å². The first-order valence-corrected chi connectivity index (χ1v) is 8.49. The van der Waals surface area contributed by atoms with Crippen molar-refractivity contribution in [3.8, 4) is 0 Å². The molecule has 1 heterocycles. The molecule has 1 aliphatic carbocycles. The van der Waals surface area contributed by atoms with Gasteiger partial charge in [-0.2, -0.15) is 0 Å². The topological polar surface area (TPSA) is 78.7 Å². The fourth-order valence-electron chi connectivity index (χ4n) is 3.67. The first kappa shape index (κ1) is 17.2. The van der Waals surface area contributed by atoms with Gasteiger partial charge in [-0.25, -0.2) is 0 Å².